The number of halogens is 1. The summed E-state index contributed by atoms with van der Waals surface area (Å²) in [5, 5.41) is 0. The Morgan fingerprint density at radius 3 is 2.79 bits per heavy atom. The van der Waals surface area contributed by atoms with E-state index in [1.165, 1.54) is 18.9 Å². The molecule has 0 spiro atoms. The molecule has 0 aromatic heterocycles. The Kier molecular flexibility index (Phi) is 2.32. The number of nitrogens with zero attached hydrogens (tertiary/aromatic N) is 1. The number of hydrogen-bond donors (Lipinski definition) is 1. The van der Waals surface area contributed by atoms with Gasteiger partial charge in [-0.05, 0) is 38.0 Å². The van der Waals surface area contributed by atoms with Gasteiger partial charge >= 0.3 is 0 Å². The van der Waals surface area contributed by atoms with Crippen molar-refractivity contribution in [2.24, 2.45) is 0 Å². The zero-order valence-electron chi connectivity index (χ0n) is 8.33. The smallest absolute Gasteiger partial charge is 0.127 e. The summed E-state index contributed by atoms with van der Waals surface area (Å²) in [4.78, 5) is 2.21. The summed E-state index contributed by atoms with van der Waals surface area (Å²) < 4.78 is 13.1. The minimum atomic E-state index is -0.251. The van der Waals surface area contributed by atoms with Crippen molar-refractivity contribution in [3.05, 3.63) is 24.0 Å². The van der Waals surface area contributed by atoms with E-state index in [2.05, 4.69) is 11.8 Å². The summed E-state index contributed by atoms with van der Waals surface area (Å²) in [5.74, 6) is -0.251. The van der Waals surface area contributed by atoms with Crippen molar-refractivity contribution in [3.8, 4) is 0 Å². The molecule has 14 heavy (non-hydrogen) atoms. The number of benzene rings is 1. The fourth-order valence-electron chi connectivity index (χ4n) is 2.08. The molecule has 0 aliphatic carbocycles. The van der Waals surface area contributed by atoms with Gasteiger partial charge in [-0.2, -0.15) is 0 Å². The van der Waals surface area contributed by atoms with Gasteiger partial charge in [0.1, 0.15) is 5.82 Å². The number of nitrogens with two attached hydrogens (primary N) is 1. The maximum absolute atomic E-state index is 13.1. The first-order valence-electron chi connectivity index (χ1n) is 4.99. The highest BCUT2D eigenvalue weighted by Crippen LogP contribution is 2.27. The van der Waals surface area contributed by atoms with Crippen LogP contribution in [0.25, 0.3) is 0 Å². The zero-order chi connectivity index (χ0) is 10.1. The summed E-state index contributed by atoms with van der Waals surface area (Å²) >= 11 is 0. The Morgan fingerprint density at radius 2 is 2.21 bits per heavy atom. The van der Waals surface area contributed by atoms with E-state index in [-0.39, 0.29) is 5.82 Å². The van der Waals surface area contributed by atoms with Crippen LogP contribution in [-0.4, -0.2) is 12.6 Å². The molecule has 1 aromatic rings. The molecule has 2 N–H and O–H groups in total. The normalized spacial score (nSPS) is 21.6. The molecule has 0 saturated carbocycles. The fourth-order valence-corrected chi connectivity index (χ4v) is 2.08. The van der Waals surface area contributed by atoms with Crippen molar-refractivity contribution in [2.45, 2.75) is 25.8 Å². The van der Waals surface area contributed by atoms with E-state index in [4.69, 9.17) is 5.73 Å². The number of anilines is 2. The molecule has 1 unspecified atom stereocenters. The molecule has 2 rings (SSSR count). The molecule has 1 fully saturated rings. The average Bonchev–Trinajstić information content (AvgIpc) is 2.49. The van der Waals surface area contributed by atoms with E-state index < -0.39 is 0 Å². The third kappa shape index (κ3) is 1.67. The van der Waals surface area contributed by atoms with E-state index in [0.717, 1.165) is 12.2 Å². The van der Waals surface area contributed by atoms with Crippen molar-refractivity contribution in [2.75, 3.05) is 17.2 Å². The minimum absolute atomic E-state index is 0.251. The van der Waals surface area contributed by atoms with E-state index in [1.54, 1.807) is 6.07 Å². The molecule has 0 amide bonds. The van der Waals surface area contributed by atoms with Crippen molar-refractivity contribution in [3.63, 3.8) is 0 Å². The summed E-state index contributed by atoms with van der Waals surface area (Å²) in [6.45, 7) is 3.16. The van der Waals surface area contributed by atoms with Crippen LogP contribution in [0.4, 0.5) is 15.8 Å². The average molecular weight is 194 g/mol. The Morgan fingerprint density at radius 1 is 1.43 bits per heavy atom. The number of hydrogen-bond acceptors (Lipinski definition) is 2. The van der Waals surface area contributed by atoms with E-state index in [9.17, 15) is 4.39 Å². The van der Waals surface area contributed by atoms with Gasteiger partial charge in [0.05, 0.1) is 0 Å². The number of rotatable bonds is 1. The Balaban J connectivity index is 2.31. The third-order valence-corrected chi connectivity index (χ3v) is 2.79. The summed E-state index contributed by atoms with van der Waals surface area (Å²) in [7, 11) is 0. The fraction of sp³-hybridized carbons (Fsp3) is 0.455. The first kappa shape index (κ1) is 9.31. The molecule has 0 radical (unpaired) electrons. The molecule has 1 aromatic carbocycles. The molecule has 1 aliphatic rings. The quantitative estimate of drug-likeness (QED) is 0.695. The molecule has 1 atom stereocenters. The van der Waals surface area contributed by atoms with Crippen LogP contribution in [0.2, 0.25) is 0 Å². The minimum Gasteiger partial charge on any atom is -0.399 e. The largest absolute Gasteiger partial charge is 0.399 e. The highest BCUT2D eigenvalue weighted by molar-refractivity contribution is 5.57. The van der Waals surface area contributed by atoms with Gasteiger partial charge in [0.15, 0.2) is 0 Å². The lowest BCUT2D eigenvalue weighted by Crippen LogP contribution is -2.26. The highest BCUT2D eigenvalue weighted by Gasteiger charge is 2.20. The Bertz CT molecular complexity index is 318. The van der Waals surface area contributed by atoms with Crippen LogP contribution in [0.15, 0.2) is 18.2 Å². The second-order valence-electron chi connectivity index (χ2n) is 3.93. The van der Waals surface area contributed by atoms with Crippen LogP contribution in [0.3, 0.4) is 0 Å². The van der Waals surface area contributed by atoms with Gasteiger partial charge in [-0.15, -0.1) is 0 Å². The van der Waals surface area contributed by atoms with Gasteiger partial charge < -0.3 is 10.6 Å². The van der Waals surface area contributed by atoms with Crippen LogP contribution < -0.4 is 10.6 Å². The predicted molar refractivity (Wildman–Crippen MR) is 56.9 cm³/mol. The SMILES string of the molecule is CC1CCCN1c1cc(N)cc(F)c1. The van der Waals surface area contributed by atoms with Gasteiger partial charge in [-0.3, -0.25) is 0 Å². The molecular weight excluding hydrogens is 179 g/mol. The lowest BCUT2D eigenvalue weighted by molar-refractivity contribution is 0.626. The lowest BCUT2D eigenvalue weighted by atomic mass is 10.2. The van der Waals surface area contributed by atoms with E-state index >= 15 is 0 Å². The maximum atomic E-state index is 13.1. The third-order valence-electron chi connectivity index (χ3n) is 2.79. The zero-order valence-corrected chi connectivity index (χ0v) is 8.33. The lowest BCUT2D eigenvalue weighted by Gasteiger charge is -2.24. The highest BCUT2D eigenvalue weighted by atomic mass is 19.1. The Hall–Kier alpha value is -1.25. The van der Waals surface area contributed by atoms with Gasteiger partial charge in [0, 0.05) is 24.0 Å². The van der Waals surface area contributed by atoms with Gasteiger partial charge in [0.25, 0.3) is 0 Å². The van der Waals surface area contributed by atoms with Crippen molar-refractivity contribution in [1.29, 1.82) is 0 Å². The van der Waals surface area contributed by atoms with E-state index in [1.807, 2.05) is 6.07 Å². The molecule has 0 bridgehead atoms. The van der Waals surface area contributed by atoms with Crippen LogP contribution >= 0.6 is 0 Å². The van der Waals surface area contributed by atoms with Crippen molar-refractivity contribution < 1.29 is 4.39 Å². The molecule has 3 heteroatoms. The van der Waals surface area contributed by atoms with Gasteiger partial charge in [-0.1, -0.05) is 0 Å². The molecule has 1 heterocycles. The molecule has 76 valence electrons. The predicted octanol–water partition coefficient (Wildman–Crippen LogP) is 2.40. The van der Waals surface area contributed by atoms with Gasteiger partial charge in [0.2, 0.25) is 0 Å². The summed E-state index contributed by atoms with van der Waals surface area (Å²) in [6, 6.07) is 5.24. The second-order valence-corrected chi connectivity index (χ2v) is 3.93. The van der Waals surface area contributed by atoms with Crippen LogP contribution in [0.1, 0.15) is 19.8 Å². The molecule has 1 aliphatic heterocycles. The molecular formula is C11H15FN2. The van der Waals surface area contributed by atoms with Crippen LogP contribution in [0, 0.1) is 5.82 Å². The summed E-state index contributed by atoms with van der Waals surface area (Å²) in [5.41, 5.74) is 7.01. The standard InChI is InChI=1S/C11H15FN2/c1-8-3-2-4-14(8)11-6-9(12)5-10(13)7-11/h5-8H,2-4,13H2,1H3. The first-order valence-corrected chi connectivity index (χ1v) is 4.99. The Labute approximate surface area is 83.5 Å². The van der Waals surface area contributed by atoms with Crippen LogP contribution in [-0.2, 0) is 0 Å². The summed E-state index contributed by atoms with van der Waals surface area (Å²) in [6.07, 6.45) is 2.36. The topological polar surface area (TPSA) is 29.3 Å². The van der Waals surface area contributed by atoms with Crippen molar-refractivity contribution >= 4 is 11.4 Å². The van der Waals surface area contributed by atoms with Crippen molar-refractivity contribution in [1.82, 2.24) is 0 Å². The second kappa shape index (κ2) is 3.48. The maximum Gasteiger partial charge on any atom is 0.127 e. The first-order chi connectivity index (χ1) is 6.66. The van der Waals surface area contributed by atoms with Gasteiger partial charge in [-0.25, -0.2) is 4.39 Å². The molecule has 1 saturated heterocycles. The number of nitrogen functional groups attached to an aromatic ring is 1. The molecule has 2 nitrogen and oxygen atoms in total. The van der Waals surface area contributed by atoms with E-state index in [0.29, 0.717) is 11.7 Å². The van der Waals surface area contributed by atoms with Crippen LogP contribution in [0.5, 0.6) is 0 Å². The monoisotopic (exact) mass is 194 g/mol.